The van der Waals surface area contributed by atoms with E-state index >= 15 is 0 Å². The van der Waals surface area contributed by atoms with Gasteiger partial charge in [-0.3, -0.25) is 0 Å². The topological polar surface area (TPSA) is 33.7 Å². The third-order valence-electron chi connectivity index (χ3n) is 3.08. The van der Waals surface area contributed by atoms with Crippen molar-refractivity contribution < 1.29 is 9.47 Å². The summed E-state index contributed by atoms with van der Waals surface area (Å²) in [5, 5.41) is 3.55. The molecule has 0 aliphatic carbocycles. The van der Waals surface area contributed by atoms with Gasteiger partial charge in [-0.25, -0.2) is 0 Å². The molecule has 1 rings (SSSR count). The number of nitrogens with zero attached hydrogens (tertiary/aromatic N) is 1. The molecule has 0 bridgehead atoms. The zero-order valence-electron chi connectivity index (χ0n) is 10.7. The standard InChI is InChI=1S/C12H26N2O2/c1-3-16-10-6-13-12-4-7-14(8-5-12)9-11-15-2/h12-13H,3-11H2,1-2H3. The molecule has 4 heteroatoms. The Morgan fingerprint density at radius 2 is 2.00 bits per heavy atom. The van der Waals surface area contributed by atoms with Gasteiger partial charge in [0.15, 0.2) is 0 Å². The molecule has 16 heavy (non-hydrogen) atoms. The molecule has 0 aromatic rings. The highest BCUT2D eigenvalue weighted by molar-refractivity contribution is 4.76. The van der Waals surface area contributed by atoms with Crippen LogP contribution in [-0.2, 0) is 9.47 Å². The minimum atomic E-state index is 0.680. The highest BCUT2D eigenvalue weighted by Crippen LogP contribution is 2.09. The molecular formula is C12H26N2O2. The van der Waals surface area contributed by atoms with E-state index in [0.717, 1.165) is 32.9 Å². The lowest BCUT2D eigenvalue weighted by Gasteiger charge is -2.32. The average Bonchev–Trinajstić information content (AvgIpc) is 2.33. The highest BCUT2D eigenvalue weighted by Gasteiger charge is 2.17. The van der Waals surface area contributed by atoms with Crippen molar-refractivity contribution in [2.75, 3.05) is 53.1 Å². The summed E-state index contributed by atoms with van der Waals surface area (Å²) < 4.78 is 10.4. The fourth-order valence-corrected chi connectivity index (χ4v) is 2.06. The van der Waals surface area contributed by atoms with Crippen molar-refractivity contribution in [3.05, 3.63) is 0 Å². The van der Waals surface area contributed by atoms with Gasteiger partial charge in [0.2, 0.25) is 0 Å². The fraction of sp³-hybridized carbons (Fsp3) is 1.00. The Kier molecular flexibility index (Phi) is 7.76. The Labute approximate surface area is 99.3 Å². The number of ether oxygens (including phenoxy) is 2. The van der Waals surface area contributed by atoms with Crippen LogP contribution in [0.5, 0.6) is 0 Å². The molecule has 0 aromatic carbocycles. The summed E-state index contributed by atoms with van der Waals surface area (Å²) in [4.78, 5) is 2.48. The van der Waals surface area contributed by atoms with Gasteiger partial charge >= 0.3 is 0 Å². The number of methoxy groups -OCH3 is 1. The van der Waals surface area contributed by atoms with E-state index in [4.69, 9.17) is 9.47 Å². The van der Waals surface area contributed by atoms with Gasteiger partial charge in [-0.05, 0) is 32.9 Å². The minimum Gasteiger partial charge on any atom is -0.383 e. The van der Waals surface area contributed by atoms with Crippen molar-refractivity contribution in [1.82, 2.24) is 10.2 Å². The Balaban J connectivity index is 1.98. The second-order valence-electron chi connectivity index (χ2n) is 4.26. The Morgan fingerprint density at radius 1 is 1.25 bits per heavy atom. The molecule has 0 aromatic heterocycles. The molecule has 1 fully saturated rings. The lowest BCUT2D eigenvalue weighted by Crippen LogP contribution is -2.44. The first kappa shape index (κ1) is 13.9. The van der Waals surface area contributed by atoms with E-state index in [9.17, 15) is 0 Å². The maximum atomic E-state index is 5.31. The number of likely N-dealkylation sites (tertiary alicyclic amines) is 1. The molecule has 1 heterocycles. The van der Waals surface area contributed by atoms with Crippen LogP contribution in [0.25, 0.3) is 0 Å². The van der Waals surface area contributed by atoms with Gasteiger partial charge in [0.1, 0.15) is 0 Å². The third-order valence-corrected chi connectivity index (χ3v) is 3.08. The zero-order valence-corrected chi connectivity index (χ0v) is 10.7. The molecule has 4 nitrogen and oxygen atoms in total. The summed E-state index contributed by atoms with van der Waals surface area (Å²) in [7, 11) is 1.77. The summed E-state index contributed by atoms with van der Waals surface area (Å²) in [6.07, 6.45) is 2.49. The van der Waals surface area contributed by atoms with Gasteiger partial charge in [-0.15, -0.1) is 0 Å². The fourth-order valence-electron chi connectivity index (χ4n) is 2.06. The van der Waals surface area contributed by atoms with Crippen LogP contribution in [-0.4, -0.2) is 64.1 Å². The molecule has 0 amide bonds. The van der Waals surface area contributed by atoms with Crippen LogP contribution in [0.3, 0.4) is 0 Å². The van der Waals surface area contributed by atoms with E-state index in [2.05, 4.69) is 10.2 Å². The maximum absolute atomic E-state index is 5.31. The maximum Gasteiger partial charge on any atom is 0.0590 e. The monoisotopic (exact) mass is 230 g/mol. The molecule has 1 aliphatic heterocycles. The lowest BCUT2D eigenvalue weighted by molar-refractivity contribution is 0.119. The van der Waals surface area contributed by atoms with Crippen LogP contribution in [0.2, 0.25) is 0 Å². The molecule has 0 radical (unpaired) electrons. The number of piperidine rings is 1. The largest absolute Gasteiger partial charge is 0.383 e. The van der Waals surface area contributed by atoms with E-state index in [1.165, 1.54) is 25.9 Å². The Morgan fingerprint density at radius 3 is 2.62 bits per heavy atom. The van der Waals surface area contributed by atoms with E-state index in [-0.39, 0.29) is 0 Å². The van der Waals surface area contributed by atoms with Gasteiger partial charge in [-0.1, -0.05) is 0 Å². The van der Waals surface area contributed by atoms with Gasteiger partial charge in [-0.2, -0.15) is 0 Å². The van der Waals surface area contributed by atoms with Crippen molar-refractivity contribution >= 4 is 0 Å². The second kappa shape index (κ2) is 8.93. The SMILES string of the molecule is CCOCCNC1CCN(CCOC)CC1. The number of hydrogen-bond acceptors (Lipinski definition) is 4. The van der Waals surface area contributed by atoms with E-state index in [1.54, 1.807) is 7.11 Å². The molecule has 96 valence electrons. The smallest absolute Gasteiger partial charge is 0.0590 e. The van der Waals surface area contributed by atoms with Crippen LogP contribution in [0.15, 0.2) is 0 Å². The summed E-state index contributed by atoms with van der Waals surface area (Å²) in [6.45, 7) is 8.97. The third kappa shape index (κ3) is 5.80. The van der Waals surface area contributed by atoms with Crippen LogP contribution < -0.4 is 5.32 Å². The second-order valence-corrected chi connectivity index (χ2v) is 4.26. The number of nitrogens with one attached hydrogen (secondary N) is 1. The highest BCUT2D eigenvalue weighted by atomic mass is 16.5. The minimum absolute atomic E-state index is 0.680. The normalized spacial score (nSPS) is 19.1. The zero-order chi connectivity index (χ0) is 11.6. The Bertz CT molecular complexity index is 159. The van der Waals surface area contributed by atoms with Crippen LogP contribution >= 0.6 is 0 Å². The van der Waals surface area contributed by atoms with Crippen LogP contribution in [0.1, 0.15) is 19.8 Å². The quantitative estimate of drug-likeness (QED) is 0.623. The lowest BCUT2D eigenvalue weighted by atomic mass is 10.1. The predicted molar refractivity (Wildman–Crippen MR) is 65.8 cm³/mol. The first-order chi connectivity index (χ1) is 7.86. The Hall–Kier alpha value is -0.160. The van der Waals surface area contributed by atoms with Gasteiger partial charge in [0.25, 0.3) is 0 Å². The summed E-state index contributed by atoms with van der Waals surface area (Å²) in [6, 6.07) is 0.680. The van der Waals surface area contributed by atoms with Crippen LogP contribution in [0, 0.1) is 0 Å². The molecule has 0 atom stereocenters. The molecule has 1 N–H and O–H groups in total. The van der Waals surface area contributed by atoms with Gasteiger partial charge in [0, 0.05) is 32.8 Å². The van der Waals surface area contributed by atoms with E-state index < -0.39 is 0 Å². The molecule has 1 saturated heterocycles. The molecule has 0 spiro atoms. The molecule has 0 unspecified atom stereocenters. The summed E-state index contributed by atoms with van der Waals surface area (Å²) >= 11 is 0. The van der Waals surface area contributed by atoms with Crippen molar-refractivity contribution in [1.29, 1.82) is 0 Å². The first-order valence-corrected chi connectivity index (χ1v) is 6.39. The van der Waals surface area contributed by atoms with E-state index in [1.807, 2.05) is 6.92 Å². The summed E-state index contributed by atoms with van der Waals surface area (Å²) in [5.41, 5.74) is 0. The first-order valence-electron chi connectivity index (χ1n) is 6.39. The molecular weight excluding hydrogens is 204 g/mol. The van der Waals surface area contributed by atoms with Crippen molar-refractivity contribution in [3.63, 3.8) is 0 Å². The van der Waals surface area contributed by atoms with Gasteiger partial charge < -0.3 is 19.7 Å². The number of rotatable bonds is 8. The van der Waals surface area contributed by atoms with Crippen molar-refractivity contribution in [3.8, 4) is 0 Å². The van der Waals surface area contributed by atoms with E-state index in [0.29, 0.717) is 6.04 Å². The average molecular weight is 230 g/mol. The predicted octanol–water partition coefficient (Wildman–Crippen LogP) is 0.723. The van der Waals surface area contributed by atoms with Crippen LogP contribution in [0.4, 0.5) is 0 Å². The summed E-state index contributed by atoms with van der Waals surface area (Å²) in [5.74, 6) is 0. The van der Waals surface area contributed by atoms with Crippen molar-refractivity contribution in [2.45, 2.75) is 25.8 Å². The number of hydrogen-bond donors (Lipinski definition) is 1. The van der Waals surface area contributed by atoms with Gasteiger partial charge in [0.05, 0.1) is 13.2 Å². The van der Waals surface area contributed by atoms with Crippen molar-refractivity contribution in [2.24, 2.45) is 0 Å². The molecule has 1 aliphatic rings. The molecule has 0 saturated carbocycles.